The van der Waals surface area contributed by atoms with Crippen LogP contribution in [0.15, 0.2) is 35.3 Å². The number of carbonyl (C=O) groups is 1. The summed E-state index contributed by atoms with van der Waals surface area (Å²) in [6.07, 6.45) is 2.10. The van der Waals surface area contributed by atoms with Crippen LogP contribution in [-0.4, -0.2) is 11.9 Å². The van der Waals surface area contributed by atoms with Crippen LogP contribution < -0.4 is 11.1 Å². The molecule has 1 atom stereocenters. The van der Waals surface area contributed by atoms with Crippen molar-refractivity contribution in [2.45, 2.75) is 19.4 Å². The van der Waals surface area contributed by atoms with Gasteiger partial charge in [0.1, 0.15) is 0 Å². The molecular weight excluding hydrogens is 268 g/mol. The number of nitrogens with two attached hydrogens (primary N) is 1. The summed E-state index contributed by atoms with van der Waals surface area (Å²) >= 11 is 3.37. The highest BCUT2D eigenvalue weighted by Crippen LogP contribution is 2.23. The van der Waals surface area contributed by atoms with E-state index in [0.29, 0.717) is 6.42 Å². The lowest BCUT2D eigenvalue weighted by atomic mass is 10.2. The van der Waals surface area contributed by atoms with Gasteiger partial charge in [-0.05, 0) is 47.0 Å². The van der Waals surface area contributed by atoms with Crippen LogP contribution in [0.4, 0.5) is 5.69 Å². The topological polar surface area (TPSA) is 55.1 Å². The van der Waals surface area contributed by atoms with Crippen molar-refractivity contribution in [3.63, 3.8) is 0 Å². The second-order valence-electron chi connectivity index (χ2n) is 3.60. The van der Waals surface area contributed by atoms with Crippen LogP contribution in [0, 0.1) is 6.92 Å². The number of halogens is 1. The molecule has 3 N–H and O–H groups in total. The lowest BCUT2D eigenvalue weighted by Gasteiger charge is -2.12. The molecule has 16 heavy (non-hydrogen) atoms. The van der Waals surface area contributed by atoms with Gasteiger partial charge in [-0.1, -0.05) is 12.1 Å². The number of carbonyl (C=O) groups excluding carboxylic acids is 1. The van der Waals surface area contributed by atoms with Crippen molar-refractivity contribution >= 4 is 27.5 Å². The smallest absolute Gasteiger partial charge is 0.241 e. The normalized spacial score (nSPS) is 11.9. The number of amides is 1. The minimum absolute atomic E-state index is 0.203. The molecule has 4 heteroatoms. The molecule has 0 spiro atoms. The Kier molecular flexibility index (Phi) is 4.71. The predicted octanol–water partition coefficient (Wildman–Crippen LogP) is 2.60. The molecule has 3 nitrogen and oxygen atoms in total. The van der Waals surface area contributed by atoms with Gasteiger partial charge in [-0.3, -0.25) is 4.79 Å². The van der Waals surface area contributed by atoms with Crippen molar-refractivity contribution in [1.82, 2.24) is 0 Å². The van der Waals surface area contributed by atoms with Gasteiger partial charge < -0.3 is 11.1 Å². The lowest BCUT2D eigenvalue weighted by Crippen LogP contribution is -2.35. The fraction of sp³-hybridized carbons (Fsp3) is 0.250. The fourth-order valence-electron chi connectivity index (χ4n) is 1.25. The minimum Gasteiger partial charge on any atom is -0.324 e. The fourth-order valence-corrected chi connectivity index (χ4v) is 1.59. The largest absolute Gasteiger partial charge is 0.324 e. The highest BCUT2D eigenvalue weighted by molar-refractivity contribution is 9.10. The van der Waals surface area contributed by atoms with Crippen molar-refractivity contribution in [1.29, 1.82) is 0 Å². The molecule has 0 saturated heterocycles. The van der Waals surface area contributed by atoms with Gasteiger partial charge in [0.2, 0.25) is 5.91 Å². The number of anilines is 1. The Bertz CT molecular complexity index is 404. The Hall–Kier alpha value is -1.13. The molecule has 1 unspecified atom stereocenters. The highest BCUT2D eigenvalue weighted by atomic mass is 79.9. The van der Waals surface area contributed by atoms with Gasteiger partial charge in [-0.25, -0.2) is 0 Å². The van der Waals surface area contributed by atoms with Crippen molar-refractivity contribution < 1.29 is 4.79 Å². The summed E-state index contributed by atoms with van der Waals surface area (Å²) in [7, 11) is 0. The van der Waals surface area contributed by atoms with E-state index in [9.17, 15) is 4.79 Å². The number of aryl methyl sites for hydroxylation is 1. The molecule has 86 valence electrons. The summed E-state index contributed by atoms with van der Waals surface area (Å²) in [6, 6.07) is 5.20. The van der Waals surface area contributed by atoms with Crippen molar-refractivity contribution in [2.75, 3.05) is 5.32 Å². The first-order valence-electron chi connectivity index (χ1n) is 4.98. The first kappa shape index (κ1) is 12.9. The summed E-state index contributed by atoms with van der Waals surface area (Å²) in [6.45, 7) is 5.52. The average Bonchev–Trinajstić information content (AvgIpc) is 2.23. The maximum absolute atomic E-state index is 11.7. The standard InChI is InChI=1S/C12H15BrN2O/c1-3-4-10(14)12(16)15-11-7-8(2)5-6-9(11)13/h3,5-7,10H,1,4,14H2,2H3,(H,15,16). The summed E-state index contributed by atoms with van der Waals surface area (Å²) < 4.78 is 0.845. The Morgan fingerprint density at radius 1 is 1.69 bits per heavy atom. The van der Waals surface area contributed by atoms with E-state index in [4.69, 9.17) is 5.73 Å². The molecule has 0 saturated carbocycles. The zero-order valence-electron chi connectivity index (χ0n) is 9.16. The van der Waals surface area contributed by atoms with Crippen LogP contribution in [-0.2, 0) is 4.79 Å². The molecular formula is C12H15BrN2O. The number of nitrogens with one attached hydrogen (secondary N) is 1. The molecule has 0 aromatic heterocycles. The zero-order valence-corrected chi connectivity index (χ0v) is 10.8. The van der Waals surface area contributed by atoms with Crippen molar-refractivity contribution in [2.24, 2.45) is 5.73 Å². The van der Waals surface area contributed by atoms with E-state index in [1.807, 2.05) is 25.1 Å². The number of hydrogen-bond acceptors (Lipinski definition) is 2. The molecule has 0 aliphatic heterocycles. The first-order valence-corrected chi connectivity index (χ1v) is 5.77. The molecule has 0 bridgehead atoms. The van der Waals surface area contributed by atoms with Gasteiger partial charge in [0, 0.05) is 4.47 Å². The summed E-state index contributed by atoms with van der Waals surface area (Å²) in [5, 5.41) is 2.78. The maximum atomic E-state index is 11.7. The van der Waals surface area contributed by atoms with Crippen LogP contribution in [0.3, 0.4) is 0 Å². The molecule has 0 heterocycles. The lowest BCUT2D eigenvalue weighted by molar-refractivity contribution is -0.117. The van der Waals surface area contributed by atoms with E-state index in [-0.39, 0.29) is 5.91 Å². The Morgan fingerprint density at radius 3 is 3.00 bits per heavy atom. The second kappa shape index (κ2) is 5.82. The Morgan fingerprint density at radius 2 is 2.38 bits per heavy atom. The minimum atomic E-state index is -0.551. The van der Waals surface area contributed by atoms with Gasteiger partial charge in [0.05, 0.1) is 11.7 Å². The van der Waals surface area contributed by atoms with E-state index < -0.39 is 6.04 Å². The SMILES string of the molecule is C=CCC(N)C(=O)Nc1cc(C)ccc1Br. The third-order valence-electron chi connectivity index (χ3n) is 2.14. The van der Waals surface area contributed by atoms with Gasteiger partial charge >= 0.3 is 0 Å². The molecule has 1 aromatic rings. The second-order valence-corrected chi connectivity index (χ2v) is 4.46. The maximum Gasteiger partial charge on any atom is 0.241 e. The van der Waals surface area contributed by atoms with Crippen LogP contribution in [0.1, 0.15) is 12.0 Å². The molecule has 1 amide bonds. The zero-order chi connectivity index (χ0) is 12.1. The third kappa shape index (κ3) is 3.47. The molecule has 0 aliphatic rings. The molecule has 0 fully saturated rings. The molecule has 1 rings (SSSR count). The summed E-state index contributed by atoms with van der Waals surface area (Å²) in [5.41, 5.74) is 7.48. The van der Waals surface area contributed by atoms with Crippen LogP contribution >= 0.6 is 15.9 Å². The summed E-state index contributed by atoms with van der Waals surface area (Å²) in [5.74, 6) is -0.203. The van der Waals surface area contributed by atoms with E-state index in [1.165, 1.54) is 0 Å². The van der Waals surface area contributed by atoms with Crippen molar-refractivity contribution in [3.8, 4) is 0 Å². The molecule has 1 aromatic carbocycles. The van der Waals surface area contributed by atoms with Gasteiger partial charge in [0.25, 0.3) is 0 Å². The summed E-state index contributed by atoms with van der Waals surface area (Å²) in [4.78, 5) is 11.7. The number of rotatable bonds is 4. The van der Waals surface area contributed by atoms with Crippen molar-refractivity contribution in [3.05, 3.63) is 40.9 Å². The van der Waals surface area contributed by atoms with E-state index >= 15 is 0 Å². The number of hydrogen-bond donors (Lipinski definition) is 2. The highest BCUT2D eigenvalue weighted by Gasteiger charge is 2.12. The Labute approximate surface area is 104 Å². The molecule has 0 aliphatic carbocycles. The number of benzene rings is 1. The molecule has 0 radical (unpaired) electrons. The quantitative estimate of drug-likeness (QED) is 0.834. The van der Waals surface area contributed by atoms with Gasteiger partial charge in [-0.2, -0.15) is 0 Å². The van der Waals surface area contributed by atoms with Gasteiger partial charge in [-0.15, -0.1) is 6.58 Å². The van der Waals surface area contributed by atoms with E-state index in [0.717, 1.165) is 15.7 Å². The van der Waals surface area contributed by atoms with Crippen LogP contribution in [0.5, 0.6) is 0 Å². The predicted molar refractivity (Wildman–Crippen MR) is 70.3 cm³/mol. The average molecular weight is 283 g/mol. The van der Waals surface area contributed by atoms with Crippen LogP contribution in [0.2, 0.25) is 0 Å². The Balaban J connectivity index is 2.76. The van der Waals surface area contributed by atoms with E-state index in [1.54, 1.807) is 6.08 Å². The monoisotopic (exact) mass is 282 g/mol. The van der Waals surface area contributed by atoms with Gasteiger partial charge in [0.15, 0.2) is 0 Å². The first-order chi connectivity index (χ1) is 7.54. The third-order valence-corrected chi connectivity index (χ3v) is 2.83. The van der Waals surface area contributed by atoms with E-state index in [2.05, 4.69) is 27.8 Å². The van der Waals surface area contributed by atoms with Crippen LogP contribution in [0.25, 0.3) is 0 Å².